The van der Waals surface area contributed by atoms with E-state index in [0.29, 0.717) is 10.8 Å². The summed E-state index contributed by atoms with van der Waals surface area (Å²) in [5.41, 5.74) is 0.674. The van der Waals surface area contributed by atoms with Crippen LogP contribution in [0.2, 0.25) is 0 Å². The summed E-state index contributed by atoms with van der Waals surface area (Å²) in [6.07, 6.45) is 1.79. The van der Waals surface area contributed by atoms with Crippen LogP contribution in [0.5, 0.6) is 0 Å². The molecule has 0 unspecified atom stereocenters. The molecule has 0 spiro atoms. The lowest BCUT2D eigenvalue weighted by Gasteiger charge is -2.04. The van der Waals surface area contributed by atoms with Crippen LogP contribution in [-0.2, 0) is 16.0 Å². The van der Waals surface area contributed by atoms with Crippen LogP contribution in [0.1, 0.15) is 18.5 Å². The van der Waals surface area contributed by atoms with Crippen LogP contribution in [0.25, 0.3) is 0 Å². The third-order valence-corrected chi connectivity index (χ3v) is 4.08. The molecule has 0 saturated heterocycles. The SMILES string of the molecule is O=C(Cc1csc(NC(=O)C2CC2)n1)Nc1ccc(F)c(F)c1. The zero-order valence-corrected chi connectivity index (χ0v) is 12.8. The standard InChI is InChI=1S/C15H13F2N3O2S/c16-11-4-3-9(5-12(11)17)18-13(21)6-10-7-23-15(19-10)20-14(22)8-1-2-8/h3-5,7-8H,1-2,6H2,(H,18,21)(H,19,20,22). The Morgan fingerprint density at radius 1 is 1.22 bits per heavy atom. The topological polar surface area (TPSA) is 71.1 Å². The second kappa shape index (κ2) is 6.41. The lowest BCUT2D eigenvalue weighted by Crippen LogP contribution is -2.15. The number of thiazole rings is 1. The quantitative estimate of drug-likeness (QED) is 0.881. The number of anilines is 2. The van der Waals surface area contributed by atoms with Gasteiger partial charge in [-0.3, -0.25) is 9.59 Å². The van der Waals surface area contributed by atoms with Crippen LogP contribution < -0.4 is 10.6 Å². The maximum absolute atomic E-state index is 13.1. The van der Waals surface area contributed by atoms with E-state index in [1.165, 1.54) is 17.4 Å². The molecule has 1 aliphatic rings. The van der Waals surface area contributed by atoms with Crippen molar-refractivity contribution >= 4 is 34.0 Å². The van der Waals surface area contributed by atoms with Crippen molar-refractivity contribution in [2.24, 2.45) is 5.92 Å². The first-order chi connectivity index (χ1) is 11.0. The summed E-state index contributed by atoms with van der Waals surface area (Å²) in [5.74, 6) is -2.36. The van der Waals surface area contributed by atoms with Gasteiger partial charge in [-0.25, -0.2) is 13.8 Å². The number of hydrogen-bond donors (Lipinski definition) is 2. The Bertz CT molecular complexity index is 759. The molecule has 1 saturated carbocycles. The third-order valence-electron chi connectivity index (χ3n) is 3.28. The first-order valence-electron chi connectivity index (χ1n) is 7.01. The van der Waals surface area contributed by atoms with Crippen LogP contribution >= 0.6 is 11.3 Å². The van der Waals surface area contributed by atoms with Crippen molar-refractivity contribution in [3.63, 3.8) is 0 Å². The van der Waals surface area contributed by atoms with Crippen LogP contribution in [0.15, 0.2) is 23.6 Å². The Morgan fingerprint density at radius 2 is 2.00 bits per heavy atom. The van der Waals surface area contributed by atoms with Crippen molar-refractivity contribution in [2.75, 3.05) is 10.6 Å². The van der Waals surface area contributed by atoms with Crippen molar-refractivity contribution in [1.82, 2.24) is 4.98 Å². The molecule has 0 radical (unpaired) electrons. The van der Waals surface area contributed by atoms with E-state index in [1.807, 2.05) is 0 Å². The van der Waals surface area contributed by atoms with Gasteiger partial charge in [-0.1, -0.05) is 0 Å². The number of carbonyl (C=O) groups is 2. The van der Waals surface area contributed by atoms with Crippen molar-refractivity contribution in [3.05, 3.63) is 40.9 Å². The molecule has 1 aromatic carbocycles. The molecule has 0 atom stereocenters. The highest BCUT2D eigenvalue weighted by Crippen LogP contribution is 2.30. The second-order valence-electron chi connectivity index (χ2n) is 5.26. The number of nitrogens with zero attached hydrogens (tertiary/aromatic N) is 1. The highest BCUT2D eigenvalue weighted by molar-refractivity contribution is 7.13. The van der Waals surface area contributed by atoms with Gasteiger partial charge in [0.1, 0.15) is 0 Å². The number of carbonyl (C=O) groups excluding carboxylic acids is 2. The van der Waals surface area contributed by atoms with Crippen molar-refractivity contribution < 1.29 is 18.4 Å². The Kier molecular flexibility index (Phi) is 4.33. The molecule has 2 N–H and O–H groups in total. The predicted octanol–water partition coefficient (Wildman–Crippen LogP) is 2.95. The van der Waals surface area contributed by atoms with Crippen molar-refractivity contribution in [3.8, 4) is 0 Å². The molecule has 1 heterocycles. The van der Waals surface area contributed by atoms with Gasteiger partial charge >= 0.3 is 0 Å². The fourth-order valence-corrected chi connectivity index (χ4v) is 2.66. The van der Waals surface area contributed by atoms with Gasteiger partial charge in [-0.05, 0) is 25.0 Å². The van der Waals surface area contributed by atoms with Gasteiger partial charge < -0.3 is 10.6 Å². The summed E-state index contributed by atoms with van der Waals surface area (Å²) in [4.78, 5) is 27.7. The summed E-state index contributed by atoms with van der Waals surface area (Å²) in [7, 11) is 0. The van der Waals surface area contributed by atoms with E-state index in [2.05, 4.69) is 15.6 Å². The van der Waals surface area contributed by atoms with E-state index in [1.54, 1.807) is 5.38 Å². The first kappa shape index (κ1) is 15.5. The van der Waals surface area contributed by atoms with Gasteiger partial charge in [0.25, 0.3) is 0 Å². The number of hydrogen-bond acceptors (Lipinski definition) is 4. The van der Waals surface area contributed by atoms with Gasteiger partial charge in [0.15, 0.2) is 16.8 Å². The second-order valence-corrected chi connectivity index (χ2v) is 6.12. The number of amides is 2. The molecule has 0 aliphatic heterocycles. The summed E-state index contributed by atoms with van der Waals surface area (Å²) >= 11 is 1.24. The van der Waals surface area contributed by atoms with Crippen LogP contribution in [0.4, 0.5) is 19.6 Å². The van der Waals surface area contributed by atoms with Crippen molar-refractivity contribution in [2.45, 2.75) is 19.3 Å². The highest BCUT2D eigenvalue weighted by atomic mass is 32.1. The largest absolute Gasteiger partial charge is 0.326 e. The van der Waals surface area contributed by atoms with Crippen molar-refractivity contribution in [1.29, 1.82) is 0 Å². The Hall–Kier alpha value is -2.35. The Balaban J connectivity index is 1.56. The highest BCUT2D eigenvalue weighted by Gasteiger charge is 2.30. The minimum absolute atomic E-state index is 0.0191. The smallest absolute Gasteiger partial charge is 0.230 e. The molecule has 3 rings (SSSR count). The lowest BCUT2D eigenvalue weighted by atomic mass is 10.2. The van der Waals surface area contributed by atoms with Crippen LogP contribution in [0, 0.1) is 17.6 Å². The van der Waals surface area contributed by atoms with Gasteiger partial charge in [0.2, 0.25) is 11.8 Å². The van der Waals surface area contributed by atoms with E-state index in [9.17, 15) is 18.4 Å². The normalized spacial score (nSPS) is 13.7. The van der Waals surface area contributed by atoms with E-state index >= 15 is 0 Å². The van der Waals surface area contributed by atoms with Gasteiger partial charge in [-0.15, -0.1) is 11.3 Å². The van der Waals surface area contributed by atoms with E-state index < -0.39 is 17.5 Å². The maximum atomic E-state index is 13.1. The summed E-state index contributed by atoms with van der Waals surface area (Å²) < 4.78 is 25.9. The van der Waals surface area contributed by atoms with Crippen LogP contribution in [0.3, 0.4) is 0 Å². The zero-order valence-electron chi connectivity index (χ0n) is 11.9. The molecule has 2 aromatic rings. The summed E-state index contributed by atoms with van der Waals surface area (Å²) in [6, 6.07) is 3.13. The lowest BCUT2D eigenvalue weighted by molar-refractivity contribution is -0.117. The molecular weight excluding hydrogens is 324 g/mol. The number of halogens is 2. The third kappa shape index (κ3) is 4.10. The fourth-order valence-electron chi connectivity index (χ4n) is 1.94. The minimum Gasteiger partial charge on any atom is -0.326 e. The molecule has 120 valence electrons. The van der Waals surface area contributed by atoms with E-state index in [0.717, 1.165) is 25.0 Å². The number of nitrogens with one attached hydrogen (secondary N) is 2. The Labute approximate surface area is 134 Å². The Morgan fingerprint density at radius 3 is 2.70 bits per heavy atom. The van der Waals surface area contributed by atoms with E-state index in [-0.39, 0.29) is 23.9 Å². The fraction of sp³-hybridized carbons (Fsp3) is 0.267. The number of aromatic nitrogens is 1. The molecule has 8 heteroatoms. The average molecular weight is 337 g/mol. The maximum Gasteiger partial charge on any atom is 0.230 e. The zero-order chi connectivity index (χ0) is 16.4. The predicted molar refractivity (Wildman–Crippen MR) is 82.2 cm³/mol. The van der Waals surface area contributed by atoms with Gasteiger partial charge in [-0.2, -0.15) is 0 Å². The first-order valence-corrected chi connectivity index (χ1v) is 7.89. The van der Waals surface area contributed by atoms with Crippen LogP contribution in [-0.4, -0.2) is 16.8 Å². The van der Waals surface area contributed by atoms with Gasteiger partial charge in [0, 0.05) is 23.1 Å². The number of rotatable bonds is 5. The summed E-state index contributed by atoms with van der Waals surface area (Å²) in [5, 5.41) is 7.30. The molecule has 1 aliphatic carbocycles. The molecule has 1 aromatic heterocycles. The monoisotopic (exact) mass is 337 g/mol. The summed E-state index contributed by atoms with van der Waals surface area (Å²) in [6.45, 7) is 0. The average Bonchev–Trinajstić information content (AvgIpc) is 3.26. The molecule has 2 amide bonds. The molecule has 23 heavy (non-hydrogen) atoms. The number of benzene rings is 1. The van der Waals surface area contributed by atoms with E-state index in [4.69, 9.17) is 0 Å². The molecule has 0 bridgehead atoms. The molecule has 1 fully saturated rings. The minimum atomic E-state index is -1.03. The van der Waals surface area contributed by atoms with Gasteiger partial charge in [0.05, 0.1) is 12.1 Å². The molecule has 5 nitrogen and oxygen atoms in total. The molecular formula is C15H13F2N3O2S.